The van der Waals surface area contributed by atoms with E-state index in [1.54, 1.807) is 17.0 Å². The molecule has 1 atom stereocenters. The van der Waals surface area contributed by atoms with Crippen molar-refractivity contribution in [1.82, 2.24) is 4.90 Å². The van der Waals surface area contributed by atoms with Crippen LogP contribution in [0.1, 0.15) is 50.0 Å². The third-order valence-electron chi connectivity index (χ3n) is 7.13. The quantitative estimate of drug-likeness (QED) is 0.227. The van der Waals surface area contributed by atoms with Gasteiger partial charge in [-0.2, -0.15) is 0 Å². The topological polar surface area (TPSA) is 59.8 Å². The molecule has 1 amide bonds. The summed E-state index contributed by atoms with van der Waals surface area (Å²) in [6.07, 6.45) is 0. The molecule has 6 heteroatoms. The maximum atomic E-state index is 14.0. The van der Waals surface area contributed by atoms with Gasteiger partial charge in [0.1, 0.15) is 17.9 Å². The summed E-state index contributed by atoms with van der Waals surface area (Å²) in [7, 11) is 0. The monoisotopic (exact) mass is 535 g/mol. The Labute approximate surface area is 231 Å². The zero-order valence-corrected chi connectivity index (χ0v) is 22.4. The first-order valence-electron chi connectivity index (χ1n) is 12.8. The van der Waals surface area contributed by atoms with E-state index in [1.165, 1.54) is 0 Å². The van der Waals surface area contributed by atoms with Gasteiger partial charge in [0, 0.05) is 11.6 Å². The Morgan fingerprint density at radius 1 is 0.897 bits per heavy atom. The molecule has 39 heavy (non-hydrogen) atoms. The molecule has 0 spiro atoms. The Morgan fingerprint density at radius 2 is 1.67 bits per heavy atom. The van der Waals surface area contributed by atoms with E-state index in [2.05, 4.69) is 0 Å². The van der Waals surface area contributed by atoms with Crippen LogP contribution in [-0.2, 0) is 13.2 Å². The third kappa shape index (κ3) is 4.59. The zero-order valence-electron chi connectivity index (χ0n) is 21.6. The van der Waals surface area contributed by atoms with E-state index in [1.807, 2.05) is 92.7 Å². The number of hydrogen-bond acceptors (Lipinski definition) is 4. The van der Waals surface area contributed by atoms with Gasteiger partial charge in [-0.1, -0.05) is 78.3 Å². The predicted molar refractivity (Wildman–Crippen MR) is 152 cm³/mol. The van der Waals surface area contributed by atoms with Gasteiger partial charge in [-0.3, -0.25) is 9.59 Å². The standard InChI is InChI=1S/C33H26ClNO4/c1-20-15-21(2)28-27(16-20)39-32-29(31(28)36)30(35(33(32)37)18-24-11-6-7-14-26(24)34)23-12-8-13-25(17-23)38-19-22-9-4-3-5-10-22/h3-17,30H,18-19H2,1-2H3. The molecule has 1 aliphatic rings. The van der Waals surface area contributed by atoms with E-state index in [9.17, 15) is 9.59 Å². The number of fused-ring (bicyclic) bond motifs is 2. The fraction of sp³-hybridized carbons (Fsp3) is 0.152. The lowest BCUT2D eigenvalue weighted by Gasteiger charge is -2.26. The molecule has 0 saturated heterocycles. The Kier molecular flexibility index (Phi) is 6.45. The second kappa shape index (κ2) is 10.1. The molecule has 1 aliphatic heterocycles. The number of ether oxygens (including phenoxy) is 1. The summed E-state index contributed by atoms with van der Waals surface area (Å²) in [5.74, 6) is 0.376. The van der Waals surface area contributed by atoms with Gasteiger partial charge in [0.05, 0.1) is 17.0 Å². The minimum absolute atomic E-state index is 0.0742. The summed E-state index contributed by atoms with van der Waals surface area (Å²) in [6.45, 7) is 4.45. The normalized spacial score (nSPS) is 14.6. The molecule has 5 nitrogen and oxygen atoms in total. The second-order valence-corrected chi connectivity index (χ2v) is 10.3. The minimum Gasteiger partial charge on any atom is -0.489 e. The molecule has 1 unspecified atom stereocenters. The maximum absolute atomic E-state index is 14.0. The summed E-state index contributed by atoms with van der Waals surface area (Å²) >= 11 is 6.49. The van der Waals surface area contributed by atoms with Gasteiger partial charge in [-0.05, 0) is 65.9 Å². The lowest BCUT2D eigenvalue weighted by atomic mass is 9.96. The first-order chi connectivity index (χ1) is 18.9. The number of halogens is 1. The fourth-order valence-electron chi connectivity index (χ4n) is 5.35. The average Bonchev–Trinajstić information content (AvgIpc) is 3.20. The van der Waals surface area contributed by atoms with Crippen molar-refractivity contribution in [2.24, 2.45) is 0 Å². The summed E-state index contributed by atoms with van der Waals surface area (Å²) < 4.78 is 12.3. The van der Waals surface area contributed by atoms with Crippen LogP contribution in [0.15, 0.2) is 100 Å². The van der Waals surface area contributed by atoms with Crippen LogP contribution in [0, 0.1) is 13.8 Å². The van der Waals surface area contributed by atoms with E-state index in [0.29, 0.717) is 33.9 Å². The van der Waals surface area contributed by atoms with E-state index in [0.717, 1.165) is 27.8 Å². The second-order valence-electron chi connectivity index (χ2n) is 9.90. The highest BCUT2D eigenvalue weighted by Gasteiger charge is 2.43. The predicted octanol–water partition coefficient (Wildman–Crippen LogP) is 7.39. The van der Waals surface area contributed by atoms with Crippen LogP contribution in [-0.4, -0.2) is 10.8 Å². The van der Waals surface area contributed by atoms with E-state index < -0.39 is 6.04 Å². The van der Waals surface area contributed by atoms with Crippen LogP contribution in [0.3, 0.4) is 0 Å². The molecule has 0 saturated carbocycles. The van der Waals surface area contributed by atoms with Crippen LogP contribution in [0.25, 0.3) is 11.0 Å². The molecule has 5 aromatic rings. The van der Waals surface area contributed by atoms with Crippen molar-refractivity contribution < 1.29 is 13.9 Å². The number of rotatable bonds is 6. The first-order valence-corrected chi connectivity index (χ1v) is 13.2. The number of aryl methyl sites for hydroxylation is 2. The van der Waals surface area contributed by atoms with E-state index >= 15 is 0 Å². The highest BCUT2D eigenvalue weighted by molar-refractivity contribution is 6.31. The van der Waals surface area contributed by atoms with Crippen molar-refractivity contribution in [1.29, 1.82) is 0 Å². The Bertz CT molecular complexity index is 1780. The SMILES string of the molecule is Cc1cc(C)c2c(=O)c3c(oc2c1)C(=O)N(Cc1ccccc1Cl)C3c1cccc(OCc2ccccc2)c1. The summed E-state index contributed by atoms with van der Waals surface area (Å²) in [4.78, 5) is 29.6. The first kappa shape index (κ1) is 25.0. The third-order valence-corrected chi connectivity index (χ3v) is 7.50. The average molecular weight is 536 g/mol. The van der Waals surface area contributed by atoms with Crippen molar-refractivity contribution in [3.8, 4) is 5.75 Å². The molecule has 194 valence electrons. The molecular formula is C33H26ClNO4. The molecule has 2 heterocycles. The van der Waals surface area contributed by atoms with Crippen LogP contribution in [0.2, 0.25) is 5.02 Å². The van der Waals surface area contributed by atoms with Gasteiger partial charge in [-0.25, -0.2) is 0 Å². The molecule has 0 bridgehead atoms. The van der Waals surface area contributed by atoms with Gasteiger partial charge in [0.25, 0.3) is 5.91 Å². The van der Waals surface area contributed by atoms with Crippen LogP contribution >= 0.6 is 11.6 Å². The number of carbonyl (C=O) groups excluding carboxylic acids is 1. The summed E-state index contributed by atoms with van der Waals surface area (Å²) in [5.41, 5.74) is 4.93. The highest BCUT2D eigenvalue weighted by Crippen LogP contribution is 2.41. The number of amides is 1. The van der Waals surface area contributed by atoms with Crippen LogP contribution < -0.4 is 10.2 Å². The summed E-state index contributed by atoms with van der Waals surface area (Å²) in [5, 5.41) is 1.05. The maximum Gasteiger partial charge on any atom is 0.291 e. The van der Waals surface area contributed by atoms with Gasteiger partial charge in [-0.15, -0.1) is 0 Å². The smallest absolute Gasteiger partial charge is 0.291 e. The van der Waals surface area contributed by atoms with Crippen molar-refractivity contribution in [3.63, 3.8) is 0 Å². The highest BCUT2D eigenvalue weighted by atomic mass is 35.5. The lowest BCUT2D eigenvalue weighted by molar-refractivity contribution is 0.0714. The fourth-order valence-corrected chi connectivity index (χ4v) is 5.54. The van der Waals surface area contributed by atoms with Crippen LogP contribution in [0.4, 0.5) is 0 Å². The molecule has 0 N–H and O–H groups in total. The van der Waals surface area contributed by atoms with Crippen molar-refractivity contribution in [2.75, 3.05) is 0 Å². The van der Waals surface area contributed by atoms with Gasteiger partial charge in [0.2, 0.25) is 5.76 Å². The molecule has 0 aliphatic carbocycles. The van der Waals surface area contributed by atoms with Gasteiger partial charge in [0.15, 0.2) is 5.43 Å². The Balaban J connectivity index is 1.48. The summed E-state index contributed by atoms with van der Waals surface area (Å²) in [6, 6.07) is 28.0. The molecule has 1 aromatic heterocycles. The molecule has 0 fully saturated rings. The van der Waals surface area contributed by atoms with Crippen LogP contribution in [0.5, 0.6) is 5.75 Å². The Hall–Kier alpha value is -4.35. The Morgan fingerprint density at radius 3 is 2.46 bits per heavy atom. The molecule has 0 radical (unpaired) electrons. The molecule has 6 rings (SSSR count). The van der Waals surface area contributed by atoms with Crippen molar-refractivity contribution in [2.45, 2.75) is 33.0 Å². The lowest BCUT2D eigenvalue weighted by Crippen LogP contribution is -2.29. The molecular weight excluding hydrogens is 510 g/mol. The largest absolute Gasteiger partial charge is 0.489 e. The number of hydrogen-bond donors (Lipinski definition) is 0. The van der Waals surface area contributed by atoms with Gasteiger partial charge >= 0.3 is 0 Å². The van der Waals surface area contributed by atoms with Crippen molar-refractivity contribution >= 4 is 28.5 Å². The van der Waals surface area contributed by atoms with Crippen molar-refractivity contribution in [3.05, 3.63) is 145 Å². The molecule has 4 aromatic carbocycles. The zero-order chi connectivity index (χ0) is 27.1. The van der Waals surface area contributed by atoms with E-state index in [-0.39, 0.29) is 23.6 Å². The number of carbonyl (C=O) groups is 1. The number of benzene rings is 4. The number of nitrogens with zero attached hydrogens (tertiary/aromatic N) is 1. The van der Waals surface area contributed by atoms with E-state index in [4.69, 9.17) is 20.8 Å². The van der Waals surface area contributed by atoms with Gasteiger partial charge < -0.3 is 14.1 Å². The minimum atomic E-state index is -0.662.